The molecule has 0 saturated heterocycles. The van der Waals surface area contributed by atoms with Gasteiger partial charge < -0.3 is 0 Å². The van der Waals surface area contributed by atoms with Crippen molar-refractivity contribution >= 4 is 11.6 Å². The van der Waals surface area contributed by atoms with Crippen molar-refractivity contribution in [3.05, 3.63) is 35.4 Å². The molecule has 0 atom stereocenters. The quantitative estimate of drug-likeness (QED) is 0.775. The Bertz CT molecular complexity index is 286. The first-order chi connectivity index (χ1) is 8.28. The Balaban J connectivity index is 0.000000770. The minimum atomic E-state index is -0.750. The molecule has 0 fully saturated rings. The molecule has 0 aromatic heterocycles. The van der Waals surface area contributed by atoms with Crippen molar-refractivity contribution in [1.82, 2.24) is 0 Å². The number of aryl methyl sites for hydroxylation is 2. The van der Waals surface area contributed by atoms with Crippen LogP contribution in [-0.2, 0) is 24.4 Å². The number of hydrogen-bond acceptors (Lipinski definition) is 2. The average molecular weight is 254 g/mol. The molecule has 1 aromatic rings. The van der Waals surface area contributed by atoms with Gasteiger partial charge in [-0.25, -0.2) is 0 Å². The summed E-state index contributed by atoms with van der Waals surface area (Å²) in [6, 6.07) is 9.17. The minimum Gasteiger partial charge on any atom is -0.168 e. The van der Waals surface area contributed by atoms with Crippen LogP contribution in [0.4, 0.5) is 0 Å². The summed E-state index contributed by atoms with van der Waals surface area (Å²) in [4.78, 5) is 0. The molecule has 17 heavy (non-hydrogen) atoms. The highest BCUT2D eigenvalue weighted by Gasteiger charge is 1.94. The van der Waals surface area contributed by atoms with Crippen molar-refractivity contribution in [2.24, 2.45) is 0 Å². The number of hydrogen-bond donors (Lipinski definition) is 0. The first-order valence-corrected chi connectivity index (χ1v) is 6.94. The van der Waals surface area contributed by atoms with E-state index in [0.29, 0.717) is 0 Å². The predicted octanol–water partition coefficient (Wildman–Crippen LogP) is 3.70. The van der Waals surface area contributed by atoms with Crippen LogP contribution in [0.5, 0.6) is 0 Å². The van der Waals surface area contributed by atoms with Crippen LogP contribution in [0.25, 0.3) is 0 Å². The van der Waals surface area contributed by atoms with Gasteiger partial charge in [-0.2, -0.15) is 8.42 Å². The molecule has 0 bridgehead atoms. The molecule has 0 heterocycles. The van der Waals surface area contributed by atoms with Gasteiger partial charge in [0.15, 0.2) is 0 Å². The Kier molecular flexibility index (Phi) is 10.9. The van der Waals surface area contributed by atoms with Gasteiger partial charge in [0.25, 0.3) is 0 Å². The summed E-state index contributed by atoms with van der Waals surface area (Å²) in [5.41, 5.74) is 2.99. The highest BCUT2D eigenvalue weighted by molar-refractivity contribution is 7.51. The second kappa shape index (κ2) is 11.5. The zero-order valence-electron chi connectivity index (χ0n) is 10.8. The Morgan fingerprint density at radius 2 is 1.12 bits per heavy atom. The van der Waals surface area contributed by atoms with Gasteiger partial charge in [0, 0.05) is 0 Å². The Hall–Kier alpha value is -0.960. The van der Waals surface area contributed by atoms with E-state index < -0.39 is 11.6 Å². The SMILES string of the molecule is CCCCc1ccc(CCCC)cc1.O=S=O. The van der Waals surface area contributed by atoms with Crippen LogP contribution >= 0.6 is 0 Å². The van der Waals surface area contributed by atoms with Gasteiger partial charge in [-0.1, -0.05) is 51.0 Å². The molecule has 96 valence electrons. The van der Waals surface area contributed by atoms with E-state index in [4.69, 9.17) is 8.42 Å². The fourth-order valence-electron chi connectivity index (χ4n) is 1.63. The zero-order valence-corrected chi connectivity index (χ0v) is 11.6. The maximum Gasteiger partial charge on any atom is 0.335 e. The molecule has 2 nitrogen and oxygen atoms in total. The van der Waals surface area contributed by atoms with Crippen molar-refractivity contribution < 1.29 is 8.42 Å². The molecule has 0 aliphatic carbocycles. The third-order valence-electron chi connectivity index (χ3n) is 2.66. The van der Waals surface area contributed by atoms with E-state index in [1.165, 1.54) is 49.7 Å². The average Bonchev–Trinajstić information content (AvgIpc) is 2.36. The van der Waals surface area contributed by atoms with Crippen molar-refractivity contribution in [3.8, 4) is 0 Å². The van der Waals surface area contributed by atoms with Gasteiger partial charge in [0.1, 0.15) is 0 Å². The van der Waals surface area contributed by atoms with Gasteiger partial charge >= 0.3 is 11.6 Å². The molecule has 0 aliphatic rings. The van der Waals surface area contributed by atoms with E-state index in [-0.39, 0.29) is 0 Å². The normalized spacial score (nSPS) is 9.29. The fourth-order valence-corrected chi connectivity index (χ4v) is 1.63. The summed E-state index contributed by atoms with van der Waals surface area (Å²) in [5.74, 6) is 0. The van der Waals surface area contributed by atoms with Gasteiger partial charge in [0.2, 0.25) is 0 Å². The molecule has 1 rings (SSSR count). The van der Waals surface area contributed by atoms with Crippen molar-refractivity contribution in [2.75, 3.05) is 0 Å². The van der Waals surface area contributed by atoms with Crippen molar-refractivity contribution in [1.29, 1.82) is 0 Å². The maximum absolute atomic E-state index is 8.29. The van der Waals surface area contributed by atoms with E-state index in [2.05, 4.69) is 38.1 Å². The Morgan fingerprint density at radius 1 is 0.824 bits per heavy atom. The second-order valence-electron chi connectivity index (χ2n) is 4.09. The lowest BCUT2D eigenvalue weighted by molar-refractivity contribution is 0.630. The molecule has 0 spiro atoms. The van der Waals surface area contributed by atoms with Gasteiger partial charge in [-0.05, 0) is 36.8 Å². The lowest BCUT2D eigenvalue weighted by Gasteiger charge is -2.02. The van der Waals surface area contributed by atoms with Crippen LogP contribution in [0, 0.1) is 0 Å². The smallest absolute Gasteiger partial charge is 0.168 e. The number of unbranched alkanes of at least 4 members (excludes halogenated alkanes) is 2. The molecule has 0 aliphatic heterocycles. The Labute approximate surface area is 108 Å². The number of benzene rings is 1. The molecular formula is C14H22O2S. The molecule has 0 saturated carbocycles. The van der Waals surface area contributed by atoms with Crippen LogP contribution in [-0.4, -0.2) is 8.42 Å². The van der Waals surface area contributed by atoms with Crippen LogP contribution in [0.1, 0.15) is 50.7 Å². The largest absolute Gasteiger partial charge is 0.335 e. The highest BCUT2D eigenvalue weighted by atomic mass is 32.1. The molecule has 0 amide bonds. The molecule has 3 heteroatoms. The van der Waals surface area contributed by atoms with E-state index in [0.717, 1.165) is 0 Å². The summed E-state index contributed by atoms with van der Waals surface area (Å²) in [5, 5.41) is 0. The molecule has 1 aromatic carbocycles. The highest BCUT2D eigenvalue weighted by Crippen LogP contribution is 2.10. The summed E-state index contributed by atoms with van der Waals surface area (Å²) >= 11 is -0.750. The first-order valence-electron chi connectivity index (χ1n) is 6.28. The third-order valence-corrected chi connectivity index (χ3v) is 2.66. The van der Waals surface area contributed by atoms with E-state index in [9.17, 15) is 0 Å². The summed E-state index contributed by atoms with van der Waals surface area (Å²) < 4.78 is 16.6. The summed E-state index contributed by atoms with van der Waals surface area (Å²) in [6.07, 6.45) is 7.69. The zero-order chi connectivity index (χ0) is 12.9. The van der Waals surface area contributed by atoms with Crippen LogP contribution in [0.15, 0.2) is 24.3 Å². The lowest BCUT2D eigenvalue weighted by atomic mass is 10.0. The van der Waals surface area contributed by atoms with Crippen molar-refractivity contribution in [3.63, 3.8) is 0 Å². The maximum atomic E-state index is 8.29. The molecule has 0 N–H and O–H groups in total. The monoisotopic (exact) mass is 254 g/mol. The summed E-state index contributed by atoms with van der Waals surface area (Å²) in [6.45, 7) is 4.49. The molecular weight excluding hydrogens is 232 g/mol. The standard InChI is InChI=1S/C14H22.O2S/c1-3-5-7-13-9-11-14(12-10-13)8-6-4-2;1-3-2/h9-12H,3-8H2,1-2H3;. The van der Waals surface area contributed by atoms with E-state index in [1.54, 1.807) is 0 Å². The van der Waals surface area contributed by atoms with E-state index >= 15 is 0 Å². The third kappa shape index (κ3) is 8.81. The van der Waals surface area contributed by atoms with Crippen LogP contribution in [0.3, 0.4) is 0 Å². The molecule has 0 unspecified atom stereocenters. The number of rotatable bonds is 6. The van der Waals surface area contributed by atoms with E-state index in [1.807, 2.05) is 0 Å². The van der Waals surface area contributed by atoms with Gasteiger partial charge in [0.05, 0.1) is 0 Å². The second-order valence-corrected chi connectivity index (χ2v) is 4.23. The van der Waals surface area contributed by atoms with Crippen molar-refractivity contribution in [2.45, 2.75) is 52.4 Å². The first kappa shape index (κ1) is 16.0. The minimum absolute atomic E-state index is 0.750. The van der Waals surface area contributed by atoms with Gasteiger partial charge in [-0.3, -0.25) is 0 Å². The fraction of sp³-hybridized carbons (Fsp3) is 0.571. The Morgan fingerprint density at radius 3 is 1.35 bits per heavy atom. The van der Waals surface area contributed by atoms with Gasteiger partial charge in [-0.15, -0.1) is 0 Å². The topological polar surface area (TPSA) is 34.1 Å². The summed E-state index contributed by atoms with van der Waals surface area (Å²) in [7, 11) is 0. The molecule has 0 radical (unpaired) electrons. The van der Waals surface area contributed by atoms with Crippen LogP contribution in [0.2, 0.25) is 0 Å². The lowest BCUT2D eigenvalue weighted by Crippen LogP contribution is -1.87. The predicted molar refractivity (Wildman–Crippen MR) is 72.6 cm³/mol. The van der Waals surface area contributed by atoms with Crippen LogP contribution < -0.4 is 0 Å².